The normalized spacial score (nSPS) is 14.9. The van der Waals surface area contributed by atoms with Crippen molar-refractivity contribution in [3.8, 4) is 23.0 Å². The fourth-order valence-corrected chi connectivity index (χ4v) is 5.97. The molecular formula is C22H19O4P. The van der Waals surface area contributed by atoms with Crippen molar-refractivity contribution in [1.82, 2.24) is 0 Å². The van der Waals surface area contributed by atoms with Gasteiger partial charge < -0.3 is 18.9 Å². The number of ether oxygens (including phenoxy) is 4. The second-order valence-corrected chi connectivity index (χ2v) is 8.42. The zero-order chi connectivity index (χ0) is 18.1. The summed E-state index contributed by atoms with van der Waals surface area (Å²) in [5.74, 6) is 3.30. The highest BCUT2D eigenvalue weighted by Crippen LogP contribution is 2.45. The molecule has 2 heterocycles. The Kier molecular flexibility index (Phi) is 4.35. The molecule has 0 fully saturated rings. The van der Waals surface area contributed by atoms with Crippen LogP contribution in [0.3, 0.4) is 0 Å². The van der Waals surface area contributed by atoms with Gasteiger partial charge in [0.15, 0.2) is 23.0 Å². The van der Waals surface area contributed by atoms with Crippen LogP contribution in [0.15, 0.2) is 66.7 Å². The molecule has 5 heteroatoms. The van der Waals surface area contributed by atoms with Crippen molar-refractivity contribution >= 4 is 23.8 Å². The summed E-state index contributed by atoms with van der Waals surface area (Å²) < 4.78 is 23.7. The lowest BCUT2D eigenvalue weighted by Crippen LogP contribution is -2.28. The first kappa shape index (κ1) is 16.5. The van der Waals surface area contributed by atoms with Crippen molar-refractivity contribution in [1.29, 1.82) is 0 Å². The van der Waals surface area contributed by atoms with Gasteiger partial charge in [0.2, 0.25) is 0 Å². The molecule has 0 unspecified atom stereocenters. The van der Waals surface area contributed by atoms with E-state index in [0.717, 1.165) is 33.6 Å². The molecule has 0 atom stereocenters. The van der Waals surface area contributed by atoms with Gasteiger partial charge >= 0.3 is 0 Å². The first-order valence-corrected chi connectivity index (χ1v) is 10.4. The Hall–Kier alpha value is -2.71. The van der Waals surface area contributed by atoms with Gasteiger partial charge in [-0.15, -0.1) is 0 Å². The first-order valence-electron chi connectivity index (χ1n) is 9.04. The summed E-state index contributed by atoms with van der Waals surface area (Å²) in [7, 11) is -0.885. The van der Waals surface area contributed by atoms with Crippen LogP contribution in [-0.2, 0) is 0 Å². The van der Waals surface area contributed by atoms with E-state index >= 15 is 0 Å². The molecule has 0 spiro atoms. The number of fused-ring (bicyclic) bond motifs is 2. The Labute approximate surface area is 159 Å². The lowest BCUT2D eigenvalue weighted by molar-refractivity contribution is 0.173. The molecule has 0 saturated heterocycles. The number of hydrogen-bond acceptors (Lipinski definition) is 4. The second-order valence-electron chi connectivity index (χ2n) is 6.27. The van der Waals surface area contributed by atoms with Gasteiger partial charge in [0.05, 0.1) is 0 Å². The molecule has 27 heavy (non-hydrogen) atoms. The third-order valence-electron chi connectivity index (χ3n) is 4.59. The van der Waals surface area contributed by atoms with Gasteiger partial charge in [0, 0.05) is 10.6 Å². The average molecular weight is 378 g/mol. The minimum absolute atomic E-state index is 0.564. The average Bonchev–Trinajstić information content (AvgIpc) is 2.75. The Morgan fingerprint density at radius 2 is 1.04 bits per heavy atom. The smallest absolute Gasteiger partial charge is 0.169 e. The quantitative estimate of drug-likeness (QED) is 0.657. The molecule has 0 saturated carbocycles. The van der Waals surface area contributed by atoms with Crippen molar-refractivity contribution in [3.05, 3.63) is 66.7 Å². The van der Waals surface area contributed by atoms with Crippen LogP contribution in [-0.4, -0.2) is 26.4 Å². The largest absolute Gasteiger partial charge is 0.486 e. The van der Waals surface area contributed by atoms with Crippen molar-refractivity contribution < 1.29 is 18.9 Å². The van der Waals surface area contributed by atoms with Crippen LogP contribution >= 0.6 is 7.92 Å². The van der Waals surface area contributed by atoms with E-state index in [1.54, 1.807) is 0 Å². The fourth-order valence-electron chi connectivity index (χ4n) is 3.45. The van der Waals surface area contributed by atoms with Gasteiger partial charge in [0.25, 0.3) is 0 Å². The predicted octanol–water partition coefficient (Wildman–Crippen LogP) is 2.99. The minimum Gasteiger partial charge on any atom is -0.486 e. The molecule has 0 bridgehead atoms. The summed E-state index contributed by atoms with van der Waals surface area (Å²) in [5, 5.41) is 3.50. The van der Waals surface area contributed by atoms with E-state index in [0.29, 0.717) is 26.4 Å². The molecule has 2 aliphatic rings. The maximum Gasteiger partial charge on any atom is 0.169 e. The van der Waals surface area contributed by atoms with Crippen molar-refractivity contribution in [2.45, 2.75) is 0 Å². The number of benzene rings is 3. The molecule has 5 rings (SSSR count). The molecule has 3 aromatic carbocycles. The van der Waals surface area contributed by atoms with E-state index in [1.807, 2.05) is 30.3 Å². The molecule has 2 aliphatic heterocycles. The van der Waals surface area contributed by atoms with Gasteiger partial charge in [-0.3, -0.25) is 0 Å². The maximum atomic E-state index is 6.04. The van der Waals surface area contributed by atoms with Crippen LogP contribution in [0.1, 0.15) is 0 Å². The lowest BCUT2D eigenvalue weighted by Gasteiger charge is -2.29. The molecule has 0 N–H and O–H groups in total. The highest BCUT2D eigenvalue weighted by atomic mass is 31.1. The molecule has 136 valence electrons. The van der Waals surface area contributed by atoms with Gasteiger partial charge in [-0.1, -0.05) is 42.5 Å². The first-order chi connectivity index (χ1) is 13.4. The molecule has 0 aliphatic carbocycles. The molecule has 0 amide bonds. The summed E-state index contributed by atoms with van der Waals surface area (Å²) >= 11 is 0. The van der Waals surface area contributed by atoms with E-state index in [4.69, 9.17) is 18.9 Å². The van der Waals surface area contributed by atoms with E-state index in [-0.39, 0.29) is 0 Å². The van der Waals surface area contributed by atoms with Crippen molar-refractivity contribution in [3.63, 3.8) is 0 Å². The number of rotatable bonds is 3. The van der Waals surface area contributed by atoms with Crippen LogP contribution in [0.4, 0.5) is 0 Å². The number of para-hydroxylation sites is 2. The summed E-state index contributed by atoms with van der Waals surface area (Å²) in [6.07, 6.45) is 0. The third kappa shape index (κ3) is 3.00. The summed E-state index contributed by atoms with van der Waals surface area (Å²) in [6, 6.07) is 22.8. The molecule has 4 nitrogen and oxygen atoms in total. The Morgan fingerprint density at radius 1 is 0.519 bits per heavy atom. The highest BCUT2D eigenvalue weighted by Gasteiger charge is 2.29. The standard InChI is InChI=1S/C22H19O4P/c1-2-6-16(7-3-1)27(19-10-4-8-17-21(19)25-14-12-23-17)20-11-5-9-18-22(20)26-15-13-24-18/h1-11H,12-15H2. The summed E-state index contributed by atoms with van der Waals surface area (Å²) in [4.78, 5) is 0. The number of hydrogen-bond donors (Lipinski definition) is 0. The summed E-state index contributed by atoms with van der Waals surface area (Å²) in [5.41, 5.74) is 0. The SMILES string of the molecule is c1ccc(P(c2cccc3c2OCCO3)c2cccc3c2OCCO3)cc1. The van der Waals surface area contributed by atoms with Crippen molar-refractivity contribution in [2.75, 3.05) is 26.4 Å². The molecule has 3 aromatic rings. The summed E-state index contributed by atoms with van der Waals surface area (Å²) in [6.45, 7) is 2.29. The molecule has 0 aromatic heterocycles. The van der Waals surface area contributed by atoms with E-state index in [1.165, 1.54) is 5.30 Å². The van der Waals surface area contributed by atoms with Crippen LogP contribution in [0.25, 0.3) is 0 Å². The van der Waals surface area contributed by atoms with E-state index < -0.39 is 7.92 Å². The van der Waals surface area contributed by atoms with Crippen LogP contribution in [0.5, 0.6) is 23.0 Å². The van der Waals surface area contributed by atoms with Crippen LogP contribution in [0, 0.1) is 0 Å². The van der Waals surface area contributed by atoms with Crippen molar-refractivity contribution in [2.24, 2.45) is 0 Å². The predicted molar refractivity (Wildman–Crippen MR) is 107 cm³/mol. The minimum atomic E-state index is -0.885. The Morgan fingerprint density at radius 3 is 1.59 bits per heavy atom. The van der Waals surface area contributed by atoms with Gasteiger partial charge in [-0.05, 0) is 37.5 Å². The highest BCUT2D eigenvalue weighted by molar-refractivity contribution is 7.80. The maximum absolute atomic E-state index is 6.04. The lowest BCUT2D eigenvalue weighted by atomic mass is 10.3. The third-order valence-corrected chi connectivity index (χ3v) is 7.07. The molecular weight excluding hydrogens is 359 g/mol. The zero-order valence-corrected chi connectivity index (χ0v) is 15.7. The monoisotopic (exact) mass is 378 g/mol. The van der Waals surface area contributed by atoms with Gasteiger partial charge in [-0.2, -0.15) is 0 Å². The Bertz CT molecular complexity index is 898. The second kappa shape index (κ2) is 7.13. The van der Waals surface area contributed by atoms with Crippen LogP contribution < -0.4 is 34.9 Å². The fraction of sp³-hybridized carbons (Fsp3) is 0.182. The topological polar surface area (TPSA) is 36.9 Å². The van der Waals surface area contributed by atoms with E-state index in [9.17, 15) is 0 Å². The van der Waals surface area contributed by atoms with Gasteiger partial charge in [-0.25, -0.2) is 0 Å². The molecule has 0 radical (unpaired) electrons. The van der Waals surface area contributed by atoms with E-state index in [2.05, 4.69) is 36.4 Å². The van der Waals surface area contributed by atoms with Crippen LogP contribution in [0.2, 0.25) is 0 Å². The Balaban J connectivity index is 1.73. The zero-order valence-electron chi connectivity index (χ0n) is 14.8. The van der Waals surface area contributed by atoms with Gasteiger partial charge in [0.1, 0.15) is 26.4 Å².